The van der Waals surface area contributed by atoms with E-state index >= 15 is 0 Å². The van der Waals surface area contributed by atoms with Crippen LogP contribution in [0.15, 0.2) is 12.1 Å². The fraction of sp³-hybridized carbons (Fsp3) is 0.417. The molecule has 0 spiro atoms. The molecule has 2 heterocycles. The fourth-order valence-electron chi connectivity index (χ4n) is 2.23. The molecule has 3 rings (SSSR count). The van der Waals surface area contributed by atoms with E-state index in [1.54, 1.807) is 0 Å². The third kappa shape index (κ3) is 1.23. The molecule has 2 aromatic rings. The van der Waals surface area contributed by atoms with Gasteiger partial charge in [0.15, 0.2) is 0 Å². The number of aromatic nitrogens is 2. The topological polar surface area (TPSA) is 43.3 Å². The number of rotatable bonds is 1. The first-order valence-corrected chi connectivity index (χ1v) is 5.42. The maximum Gasteiger partial charge on any atom is 0.139 e. The van der Waals surface area contributed by atoms with Gasteiger partial charge >= 0.3 is 0 Å². The minimum Gasteiger partial charge on any atom is -0.383 e. The zero-order valence-corrected chi connectivity index (χ0v) is 9.12. The van der Waals surface area contributed by atoms with Gasteiger partial charge in [0.2, 0.25) is 0 Å². The number of nitrogens with zero attached hydrogens (tertiary/aromatic N) is 2. The molecule has 0 saturated heterocycles. The van der Waals surface area contributed by atoms with Crippen LogP contribution >= 0.6 is 0 Å². The number of hydrogen-bond acceptors (Lipinski definition) is 2. The normalized spacial score (nSPS) is 16.1. The van der Waals surface area contributed by atoms with E-state index in [9.17, 15) is 0 Å². The van der Waals surface area contributed by atoms with Crippen LogP contribution in [0.25, 0.3) is 5.65 Å². The van der Waals surface area contributed by atoms with Gasteiger partial charge in [0.1, 0.15) is 11.5 Å². The minimum atomic E-state index is 0.615. The van der Waals surface area contributed by atoms with Gasteiger partial charge < -0.3 is 5.73 Å². The van der Waals surface area contributed by atoms with Crippen molar-refractivity contribution in [2.24, 2.45) is 0 Å². The van der Waals surface area contributed by atoms with Crippen LogP contribution in [-0.2, 0) is 0 Å². The van der Waals surface area contributed by atoms with Crippen molar-refractivity contribution in [3.8, 4) is 0 Å². The number of nitrogen functional groups attached to an aromatic ring is 1. The Balaban J connectivity index is 2.34. The number of pyridine rings is 1. The molecule has 0 atom stereocenters. The van der Waals surface area contributed by atoms with E-state index in [2.05, 4.69) is 35.4 Å². The number of fused-ring (bicyclic) bond motifs is 1. The van der Waals surface area contributed by atoms with Gasteiger partial charge in [-0.3, -0.25) is 4.40 Å². The highest BCUT2D eigenvalue weighted by Crippen LogP contribution is 2.42. The van der Waals surface area contributed by atoms with Crippen LogP contribution in [0.2, 0.25) is 0 Å². The SMILES string of the molecule is Cc1cc(C)n2c(N)c(C3CC3)nc2c1. The van der Waals surface area contributed by atoms with Gasteiger partial charge in [-0.15, -0.1) is 0 Å². The molecular weight excluding hydrogens is 186 g/mol. The number of anilines is 1. The first-order valence-electron chi connectivity index (χ1n) is 5.42. The van der Waals surface area contributed by atoms with Gasteiger partial charge in [0, 0.05) is 11.6 Å². The molecule has 0 aliphatic heterocycles. The van der Waals surface area contributed by atoms with Gasteiger partial charge in [-0.2, -0.15) is 0 Å². The van der Waals surface area contributed by atoms with E-state index in [1.807, 2.05) is 0 Å². The predicted molar refractivity (Wildman–Crippen MR) is 61.1 cm³/mol. The quantitative estimate of drug-likeness (QED) is 0.770. The molecule has 2 aromatic heterocycles. The summed E-state index contributed by atoms with van der Waals surface area (Å²) >= 11 is 0. The molecule has 1 saturated carbocycles. The number of hydrogen-bond donors (Lipinski definition) is 1. The summed E-state index contributed by atoms with van der Waals surface area (Å²) in [6.45, 7) is 4.17. The van der Waals surface area contributed by atoms with Crippen molar-refractivity contribution >= 4 is 11.5 Å². The molecule has 3 heteroatoms. The van der Waals surface area contributed by atoms with Crippen LogP contribution in [0.3, 0.4) is 0 Å². The molecule has 78 valence electrons. The van der Waals surface area contributed by atoms with Crippen molar-refractivity contribution in [1.29, 1.82) is 0 Å². The zero-order chi connectivity index (χ0) is 10.6. The van der Waals surface area contributed by atoms with Crippen molar-refractivity contribution in [3.63, 3.8) is 0 Å². The molecule has 1 aliphatic rings. The minimum absolute atomic E-state index is 0.615. The second-order valence-corrected chi connectivity index (χ2v) is 4.52. The average molecular weight is 201 g/mol. The summed E-state index contributed by atoms with van der Waals surface area (Å²) in [5.74, 6) is 1.45. The Labute approximate surface area is 88.9 Å². The van der Waals surface area contributed by atoms with Crippen LogP contribution in [0, 0.1) is 13.8 Å². The van der Waals surface area contributed by atoms with E-state index in [0.29, 0.717) is 5.92 Å². The lowest BCUT2D eigenvalue weighted by Crippen LogP contribution is -1.98. The molecule has 0 amide bonds. The molecule has 2 N–H and O–H groups in total. The van der Waals surface area contributed by atoms with Crippen LogP contribution in [-0.4, -0.2) is 9.38 Å². The van der Waals surface area contributed by atoms with Crippen LogP contribution in [0.4, 0.5) is 5.82 Å². The Kier molecular flexibility index (Phi) is 1.61. The van der Waals surface area contributed by atoms with Crippen LogP contribution in [0.1, 0.15) is 35.7 Å². The van der Waals surface area contributed by atoms with E-state index in [4.69, 9.17) is 5.73 Å². The largest absolute Gasteiger partial charge is 0.383 e. The smallest absolute Gasteiger partial charge is 0.139 e. The van der Waals surface area contributed by atoms with Gasteiger partial charge in [0.05, 0.1) is 5.69 Å². The summed E-state index contributed by atoms with van der Waals surface area (Å²) in [6.07, 6.45) is 2.48. The van der Waals surface area contributed by atoms with Crippen molar-refractivity contribution in [1.82, 2.24) is 9.38 Å². The van der Waals surface area contributed by atoms with Crippen molar-refractivity contribution in [3.05, 3.63) is 29.1 Å². The maximum absolute atomic E-state index is 6.13. The van der Waals surface area contributed by atoms with Crippen LogP contribution in [0.5, 0.6) is 0 Å². The first-order chi connectivity index (χ1) is 7.16. The summed E-state index contributed by atoms with van der Waals surface area (Å²) in [7, 11) is 0. The molecule has 3 nitrogen and oxygen atoms in total. The fourth-order valence-corrected chi connectivity index (χ4v) is 2.23. The van der Waals surface area contributed by atoms with Gasteiger partial charge in [-0.1, -0.05) is 0 Å². The molecule has 0 radical (unpaired) electrons. The van der Waals surface area contributed by atoms with Crippen LogP contribution < -0.4 is 5.73 Å². The predicted octanol–water partition coefficient (Wildman–Crippen LogP) is 2.41. The molecule has 0 unspecified atom stereocenters. The number of imidazole rings is 1. The molecule has 0 bridgehead atoms. The molecule has 1 aliphatic carbocycles. The van der Waals surface area contributed by atoms with E-state index < -0.39 is 0 Å². The lowest BCUT2D eigenvalue weighted by atomic mass is 10.2. The molecule has 15 heavy (non-hydrogen) atoms. The molecular formula is C12H15N3. The first kappa shape index (κ1) is 8.77. The lowest BCUT2D eigenvalue weighted by Gasteiger charge is -2.03. The van der Waals surface area contributed by atoms with Crippen molar-refractivity contribution in [2.45, 2.75) is 32.6 Å². The Morgan fingerprint density at radius 1 is 1.33 bits per heavy atom. The Hall–Kier alpha value is -1.51. The Morgan fingerprint density at radius 3 is 2.73 bits per heavy atom. The van der Waals surface area contributed by atoms with E-state index in [-0.39, 0.29) is 0 Å². The molecule has 0 aromatic carbocycles. The summed E-state index contributed by atoms with van der Waals surface area (Å²) in [5.41, 5.74) is 10.6. The highest BCUT2D eigenvalue weighted by molar-refractivity contribution is 5.57. The highest BCUT2D eigenvalue weighted by Gasteiger charge is 2.29. The van der Waals surface area contributed by atoms with E-state index in [1.165, 1.54) is 24.1 Å². The third-order valence-electron chi connectivity index (χ3n) is 3.08. The number of nitrogens with two attached hydrogens (primary N) is 1. The summed E-state index contributed by atoms with van der Waals surface area (Å²) in [5, 5.41) is 0. The summed E-state index contributed by atoms with van der Waals surface area (Å²) in [6, 6.07) is 4.23. The number of aryl methyl sites for hydroxylation is 2. The monoisotopic (exact) mass is 201 g/mol. The zero-order valence-electron chi connectivity index (χ0n) is 9.12. The molecule has 1 fully saturated rings. The third-order valence-corrected chi connectivity index (χ3v) is 3.08. The lowest BCUT2D eigenvalue weighted by molar-refractivity contribution is 1.06. The summed E-state index contributed by atoms with van der Waals surface area (Å²) < 4.78 is 2.06. The Bertz CT molecular complexity index is 535. The highest BCUT2D eigenvalue weighted by atomic mass is 15.1. The summed E-state index contributed by atoms with van der Waals surface area (Å²) in [4.78, 5) is 4.63. The standard InChI is InChI=1S/C12H15N3/c1-7-5-8(2)15-10(6-7)14-11(12(15)13)9-3-4-9/h5-6,9H,3-4,13H2,1-2H3. The maximum atomic E-state index is 6.13. The second kappa shape index (κ2) is 2.75. The average Bonchev–Trinajstić information content (AvgIpc) is 2.92. The van der Waals surface area contributed by atoms with Gasteiger partial charge in [-0.05, 0) is 44.4 Å². The second-order valence-electron chi connectivity index (χ2n) is 4.52. The van der Waals surface area contributed by atoms with Gasteiger partial charge in [-0.25, -0.2) is 4.98 Å². The van der Waals surface area contributed by atoms with E-state index in [0.717, 1.165) is 17.2 Å². The Morgan fingerprint density at radius 2 is 2.07 bits per heavy atom. The van der Waals surface area contributed by atoms with Crippen molar-refractivity contribution in [2.75, 3.05) is 5.73 Å². The van der Waals surface area contributed by atoms with Crippen molar-refractivity contribution < 1.29 is 0 Å². The van der Waals surface area contributed by atoms with Gasteiger partial charge in [0.25, 0.3) is 0 Å².